The Labute approximate surface area is 86.2 Å². The van der Waals surface area contributed by atoms with Gasteiger partial charge in [-0.1, -0.05) is 6.58 Å². The minimum absolute atomic E-state index is 0.0764. The highest BCUT2D eigenvalue weighted by atomic mass is 16.2. The first-order chi connectivity index (χ1) is 6.84. The average Bonchev–Trinajstić information content (AvgIpc) is 2.91. The van der Waals surface area contributed by atoms with Crippen molar-refractivity contribution in [3.63, 3.8) is 0 Å². The van der Waals surface area contributed by atoms with Crippen molar-refractivity contribution in [1.29, 1.82) is 0 Å². The fraction of sp³-hybridized carbons (Fsp3) is 0.727. The van der Waals surface area contributed by atoms with Crippen molar-refractivity contribution in [2.75, 3.05) is 26.2 Å². The lowest BCUT2D eigenvalue weighted by Gasteiger charge is -2.10. The molecule has 0 radical (unpaired) electrons. The van der Waals surface area contributed by atoms with Gasteiger partial charge in [0.2, 0.25) is 5.91 Å². The molecule has 14 heavy (non-hydrogen) atoms. The average molecular weight is 196 g/mol. The van der Waals surface area contributed by atoms with Crippen molar-refractivity contribution in [3.05, 3.63) is 12.7 Å². The molecule has 0 aliphatic carbocycles. The predicted octanol–water partition coefficient (Wildman–Crippen LogP) is 1.16. The SMILES string of the molecule is C1CCNC1.C=CC(=O)N1CCCC1. The van der Waals surface area contributed by atoms with Crippen LogP contribution in [0.3, 0.4) is 0 Å². The van der Waals surface area contributed by atoms with E-state index >= 15 is 0 Å². The van der Waals surface area contributed by atoms with Crippen LogP contribution >= 0.6 is 0 Å². The Morgan fingerprint density at radius 3 is 2.07 bits per heavy atom. The van der Waals surface area contributed by atoms with Crippen LogP contribution in [-0.4, -0.2) is 37.0 Å². The molecule has 2 rings (SSSR count). The van der Waals surface area contributed by atoms with E-state index < -0.39 is 0 Å². The molecule has 0 atom stereocenters. The van der Waals surface area contributed by atoms with Gasteiger partial charge < -0.3 is 10.2 Å². The van der Waals surface area contributed by atoms with Crippen LogP contribution in [-0.2, 0) is 4.79 Å². The van der Waals surface area contributed by atoms with Crippen molar-refractivity contribution < 1.29 is 4.79 Å². The van der Waals surface area contributed by atoms with Crippen LogP contribution in [0.5, 0.6) is 0 Å². The molecule has 0 bridgehead atoms. The number of rotatable bonds is 1. The third kappa shape index (κ3) is 3.92. The maximum absolute atomic E-state index is 10.8. The summed E-state index contributed by atoms with van der Waals surface area (Å²) in [6, 6.07) is 0. The number of nitrogens with zero attached hydrogens (tertiary/aromatic N) is 1. The van der Waals surface area contributed by atoms with Crippen molar-refractivity contribution >= 4 is 5.91 Å². The van der Waals surface area contributed by atoms with E-state index in [1.165, 1.54) is 32.0 Å². The smallest absolute Gasteiger partial charge is 0.245 e. The number of likely N-dealkylation sites (tertiary alicyclic amines) is 1. The highest BCUT2D eigenvalue weighted by Crippen LogP contribution is 2.06. The molecule has 80 valence electrons. The van der Waals surface area contributed by atoms with Crippen molar-refractivity contribution in [2.45, 2.75) is 25.7 Å². The zero-order valence-corrected chi connectivity index (χ0v) is 8.80. The van der Waals surface area contributed by atoms with E-state index in [-0.39, 0.29) is 5.91 Å². The van der Waals surface area contributed by atoms with Crippen LogP contribution in [0.15, 0.2) is 12.7 Å². The van der Waals surface area contributed by atoms with E-state index in [1.54, 1.807) is 0 Å². The maximum atomic E-state index is 10.8. The standard InChI is InChI=1S/C7H11NO.C4H9N/c1-2-7(9)8-5-3-4-6-8;1-2-4-5-3-1/h2H,1,3-6H2;5H,1-4H2. The van der Waals surface area contributed by atoms with Crippen LogP contribution in [0.4, 0.5) is 0 Å². The van der Waals surface area contributed by atoms with Crippen LogP contribution in [0.2, 0.25) is 0 Å². The van der Waals surface area contributed by atoms with Gasteiger partial charge in [0, 0.05) is 13.1 Å². The maximum Gasteiger partial charge on any atom is 0.245 e. The van der Waals surface area contributed by atoms with Gasteiger partial charge in [-0.2, -0.15) is 0 Å². The fourth-order valence-electron chi connectivity index (χ4n) is 1.69. The molecule has 2 fully saturated rings. The molecule has 1 N–H and O–H groups in total. The van der Waals surface area contributed by atoms with E-state index in [2.05, 4.69) is 11.9 Å². The van der Waals surface area contributed by atoms with E-state index in [9.17, 15) is 4.79 Å². The van der Waals surface area contributed by atoms with E-state index in [4.69, 9.17) is 0 Å². The highest BCUT2D eigenvalue weighted by Gasteiger charge is 2.13. The van der Waals surface area contributed by atoms with Crippen LogP contribution < -0.4 is 5.32 Å². The lowest BCUT2D eigenvalue weighted by atomic mass is 10.4. The highest BCUT2D eigenvalue weighted by molar-refractivity contribution is 5.87. The Morgan fingerprint density at radius 1 is 1.14 bits per heavy atom. The summed E-state index contributed by atoms with van der Waals surface area (Å²) in [5.74, 6) is 0.0764. The number of hydrogen-bond acceptors (Lipinski definition) is 2. The first-order valence-electron chi connectivity index (χ1n) is 5.46. The zero-order valence-electron chi connectivity index (χ0n) is 8.80. The summed E-state index contributed by atoms with van der Waals surface area (Å²) in [6.07, 6.45) is 6.46. The fourth-order valence-corrected chi connectivity index (χ4v) is 1.69. The zero-order chi connectivity index (χ0) is 10.2. The predicted molar refractivity (Wildman–Crippen MR) is 58.1 cm³/mol. The molecule has 1 amide bonds. The van der Waals surface area contributed by atoms with Gasteiger partial charge in [-0.3, -0.25) is 4.79 Å². The van der Waals surface area contributed by atoms with Gasteiger partial charge in [0.05, 0.1) is 0 Å². The Kier molecular flexibility index (Phi) is 5.30. The van der Waals surface area contributed by atoms with Crippen molar-refractivity contribution in [2.24, 2.45) is 0 Å². The molecule has 0 aromatic heterocycles. The minimum atomic E-state index is 0.0764. The van der Waals surface area contributed by atoms with E-state index in [0.29, 0.717) is 0 Å². The quantitative estimate of drug-likeness (QED) is 0.638. The molecule has 0 spiro atoms. The molecule has 0 aromatic carbocycles. The van der Waals surface area contributed by atoms with E-state index in [1.807, 2.05) is 4.90 Å². The van der Waals surface area contributed by atoms with E-state index in [0.717, 1.165) is 25.9 Å². The number of hydrogen-bond donors (Lipinski definition) is 1. The molecule has 0 unspecified atom stereocenters. The van der Waals surface area contributed by atoms with Gasteiger partial charge in [0.25, 0.3) is 0 Å². The van der Waals surface area contributed by atoms with Gasteiger partial charge in [-0.15, -0.1) is 0 Å². The Balaban J connectivity index is 0.000000165. The Morgan fingerprint density at radius 2 is 1.71 bits per heavy atom. The minimum Gasteiger partial charge on any atom is -0.339 e. The summed E-state index contributed by atoms with van der Waals surface area (Å²) in [6.45, 7) is 7.76. The molecule has 3 heteroatoms. The lowest BCUT2D eigenvalue weighted by molar-refractivity contribution is -0.124. The van der Waals surface area contributed by atoms with Gasteiger partial charge in [-0.25, -0.2) is 0 Å². The topological polar surface area (TPSA) is 32.3 Å². The molecule has 2 saturated heterocycles. The summed E-state index contributed by atoms with van der Waals surface area (Å²) in [4.78, 5) is 12.6. The first kappa shape index (κ1) is 11.2. The number of nitrogens with one attached hydrogen (secondary N) is 1. The lowest BCUT2D eigenvalue weighted by Crippen LogP contribution is -2.25. The summed E-state index contributed by atoms with van der Waals surface area (Å²) < 4.78 is 0. The monoisotopic (exact) mass is 196 g/mol. The third-order valence-electron chi connectivity index (χ3n) is 2.55. The Bertz CT molecular complexity index is 174. The van der Waals surface area contributed by atoms with Gasteiger partial charge >= 0.3 is 0 Å². The first-order valence-corrected chi connectivity index (χ1v) is 5.46. The number of carbonyl (C=O) groups is 1. The van der Waals surface area contributed by atoms with Gasteiger partial charge in [-0.05, 0) is 44.8 Å². The molecule has 0 aromatic rings. The van der Waals surface area contributed by atoms with Gasteiger partial charge in [0.15, 0.2) is 0 Å². The third-order valence-corrected chi connectivity index (χ3v) is 2.55. The van der Waals surface area contributed by atoms with Crippen molar-refractivity contribution in [3.8, 4) is 0 Å². The molecule has 0 saturated carbocycles. The number of carbonyl (C=O) groups excluding carboxylic acids is 1. The van der Waals surface area contributed by atoms with Crippen LogP contribution in [0.1, 0.15) is 25.7 Å². The molecule has 2 aliphatic heterocycles. The second-order valence-electron chi connectivity index (χ2n) is 3.69. The molecular weight excluding hydrogens is 176 g/mol. The second kappa shape index (κ2) is 6.60. The van der Waals surface area contributed by atoms with Crippen LogP contribution in [0, 0.1) is 0 Å². The van der Waals surface area contributed by atoms with Crippen molar-refractivity contribution in [1.82, 2.24) is 10.2 Å². The number of amides is 1. The second-order valence-corrected chi connectivity index (χ2v) is 3.69. The molecule has 3 nitrogen and oxygen atoms in total. The molecule has 2 aliphatic rings. The summed E-state index contributed by atoms with van der Waals surface area (Å²) in [5, 5.41) is 3.22. The Hall–Kier alpha value is -0.830. The summed E-state index contributed by atoms with van der Waals surface area (Å²) >= 11 is 0. The summed E-state index contributed by atoms with van der Waals surface area (Å²) in [5.41, 5.74) is 0. The normalized spacial score (nSPS) is 20.1. The molecule has 2 heterocycles. The molecular formula is C11H20N2O. The van der Waals surface area contributed by atoms with Gasteiger partial charge in [0.1, 0.15) is 0 Å². The largest absolute Gasteiger partial charge is 0.339 e. The van der Waals surface area contributed by atoms with Crippen LogP contribution in [0.25, 0.3) is 0 Å². The summed E-state index contributed by atoms with van der Waals surface area (Å²) in [7, 11) is 0.